The largest absolute Gasteiger partial charge is 0.489 e. The lowest BCUT2D eigenvalue weighted by Crippen LogP contribution is -2.23. The van der Waals surface area contributed by atoms with Crippen LogP contribution < -0.4 is 4.74 Å². The zero-order chi connectivity index (χ0) is 13.0. The molecule has 0 unspecified atom stereocenters. The summed E-state index contributed by atoms with van der Waals surface area (Å²) in [5.74, 6) is 0.873. The molecule has 2 rings (SSSR count). The maximum atomic E-state index is 12.3. The van der Waals surface area contributed by atoms with E-state index in [1.54, 1.807) is 18.5 Å². The van der Waals surface area contributed by atoms with Gasteiger partial charge in [0.2, 0.25) is 0 Å². The van der Waals surface area contributed by atoms with E-state index in [9.17, 15) is 4.79 Å². The molecule has 0 bridgehead atoms. The summed E-state index contributed by atoms with van der Waals surface area (Å²) in [6.07, 6.45) is 4.94. The number of hydrogen-bond acceptors (Lipinski definition) is 4. The molecule has 4 nitrogen and oxygen atoms in total. The van der Waals surface area contributed by atoms with Crippen molar-refractivity contribution in [3.63, 3.8) is 0 Å². The first-order chi connectivity index (χ1) is 8.66. The van der Waals surface area contributed by atoms with E-state index in [0.717, 1.165) is 12.8 Å². The first kappa shape index (κ1) is 13.0. The Kier molecular flexibility index (Phi) is 4.31. The van der Waals surface area contributed by atoms with E-state index in [0.29, 0.717) is 24.5 Å². The van der Waals surface area contributed by atoms with E-state index < -0.39 is 0 Å². The highest BCUT2D eigenvalue weighted by molar-refractivity contribution is 5.97. The maximum absolute atomic E-state index is 12.3. The van der Waals surface area contributed by atoms with Crippen molar-refractivity contribution >= 4 is 5.78 Å². The first-order valence-corrected chi connectivity index (χ1v) is 6.40. The third-order valence-electron chi connectivity index (χ3n) is 2.96. The van der Waals surface area contributed by atoms with Gasteiger partial charge in [-0.15, -0.1) is 0 Å². The minimum atomic E-state index is 0.0647. The lowest BCUT2D eigenvalue weighted by Gasteiger charge is -2.20. The number of carbonyl (C=O) groups is 1. The molecule has 0 spiro atoms. The lowest BCUT2D eigenvalue weighted by molar-refractivity contribution is 0.0544. The number of aromatic nitrogens is 1. The summed E-state index contributed by atoms with van der Waals surface area (Å²) in [6, 6.07) is 1.78. The van der Waals surface area contributed by atoms with Gasteiger partial charge in [-0.25, -0.2) is 0 Å². The molecule has 1 fully saturated rings. The first-order valence-electron chi connectivity index (χ1n) is 6.40. The number of rotatable bonds is 4. The second-order valence-electron chi connectivity index (χ2n) is 4.83. The molecule has 0 aromatic carbocycles. The van der Waals surface area contributed by atoms with Crippen LogP contribution in [0.4, 0.5) is 0 Å². The van der Waals surface area contributed by atoms with Crippen molar-refractivity contribution in [3.05, 3.63) is 24.0 Å². The van der Waals surface area contributed by atoms with Crippen molar-refractivity contribution in [2.75, 3.05) is 13.2 Å². The van der Waals surface area contributed by atoms with Crippen LogP contribution in [0.2, 0.25) is 0 Å². The van der Waals surface area contributed by atoms with Gasteiger partial charge in [-0.3, -0.25) is 9.78 Å². The van der Waals surface area contributed by atoms with Gasteiger partial charge >= 0.3 is 0 Å². The monoisotopic (exact) mass is 249 g/mol. The SMILES string of the molecule is CC(C)Oc1cncc(C(=O)C2CCOCC2)c1. The number of ether oxygens (including phenoxy) is 2. The van der Waals surface area contributed by atoms with Crippen molar-refractivity contribution in [2.24, 2.45) is 5.92 Å². The van der Waals surface area contributed by atoms with Gasteiger partial charge in [-0.2, -0.15) is 0 Å². The molecule has 1 saturated heterocycles. The Hall–Kier alpha value is -1.42. The molecule has 0 radical (unpaired) electrons. The molecule has 0 saturated carbocycles. The van der Waals surface area contributed by atoms with Crippen molar-refractivity contribution in [2.45, 2.75) is 32.8 Å². The fraction of sp³-hybridized carbons (Fsp3) is 0.571. The molecular weight excluding hydrogens is 230 g/mol. The summed E-state index contributed by atoms with van der Waals surface area (Å²) < 4.78 is 10.8. The summed E-state index contributed by atoms with van der Waals surface area (Å²) in [6.45, 7) is 5.25. The number of hydrogen-bond donors (Lipinski definition) is 0. The Morgan fingerprint density at radius 3 is 2.78 bits per heavy atom. The van der Waals surface area contributed by atoms with Crippen LogP contribution in [-0.4, -0.2) is 30.1 Å². The highest BCUT2D eigenvalue weighted by Gasteiger charge is 2.23. The van der Waals surface area contributed by atoms with Crippen LogP contribution >= 0.6 is 0 Å². The normalized spacial score (nSPS) is 16.8. The average Bonchev–Trinajstić information content (AvgIpc) is 2.38. The predicted octanol–water partition coefficient (Wildman–Crippen LogP) is 2.48. The standard InChI is InChI=1S/C14H19NO3/c1-10(2)18-13-7-12(8-15-9-13)14(16)11-3-5-17-6-4-11/h7-11H,3-6H2,1-2H3. The number of ketones is 1. The van der Waals surface area contributed by atoms with Crippen molar-refractivity contribution in [3.8, 4) is 5.75 Å². The molecule has 0 aliphatic carbocycles. The van der Waals surface area contributed by atoms with E-state index in [4.69, 9.17) is 9.47 Å². The molecule has 1 aliphatic rings. The molecule has 98 valence electrons. The maximum Gasteiger partial charge on any atom is 0.167 e. The van der Waals surface area contributed by atoms with E-state index in [2.05, 4.69) is 4.98 Å². The lowest BCUT2D eigenvalue weighted by atomic mass is 9.92. The second kappa shape index (κ2) is 5.96. The molecule has 0 atom stereocenters. The van der Waals surface area contributed by atoms with E-state index >= 15 is 0 Å². The fourth-order valence-electron chi connectivity index (χ4n) is 2.09. The Balaban J connectivity index is 2.09. The van der Waals surface area contributed by atoms with Gasteiger partial charge in [0.05, 0.1) is 12.3 Å². The molecule has 2 heterocycles. The van der Waals surface area contributed by atoms with Crippen LogP contribution in [0, 0.1) is 5.92 Å². The van der Waals surface area contributed by atoms with Gasteiger partial charge in [0.25, 0.3) is 0 Å². The summed E-state index contributed by atoms with van der Waals surface area (Å²) in [7, 11) is 0. The highest BCUT2D eigenvalue weighted by atomic mass is 16.5. The van der Waals surface area contributed by atoms with Crippen LogP contribution in [0.1, 0.15) is 37.0 Å². The van der Waals surface area contributed by atoms with Crippen molar-refractivity contribution < 1.29 is 14.3 Å². The average molecular weight is 249 g/mol. The third kappa shape index (κ3) is 3.29. The molecule has 1 aromatic rings. The van der Waals surface area contributed by atoms with Crippen LogP contribution in [-0.2, 0) is 4.74 Å². The Labute approximate surface area is 107 Å². The number of Topliss-reactive ketones (excluding diaryl/α,β-unsaturated/α-hetero) is 1. The van der Waals surface area contributed by atoms with Gasteiger partial charge in [0, 0.05) is 30.9 Å². The molecule has 18 heavy (non-hydrogen) atoms. The van der Waals surface area contributed by atoms with Crippen LogP contribution in [0.15, 0.2) is 18.5 Å². The smallest absolute Gasteiger partial charge is 0.167 e. The molecule has 0 N–H and O–H groups in total. The molecular formula is C14H19NO3. The zero-order valence-corrected chi connectivity index (χ0v) is 10.9. The Bertz CT molecular complexity index is 411. The van der Waals surface area contributed by atoms with Gasteiger partial charge in [0.1, 0.15) is 5.75 Å². The summed E-state index contributed by atoms with van der Waals surface area (Å²) >= 11 is 0. The fourth-order valence-corrected chi connectivity index (χ4v) is 2.09. The Morgan fingerprint density at radius 1 is 1.39 bits per heavy atom. The van der Waals surface area contributed by atoms with Gasteiger partial charge < -0.3 is 9.47 Å². The van der Waals surface area contributed by atoms with Crippen LogP contribution in [0.3, 0.4) is 0 Å². The van der Waals surface area contributed by atoms with Crippen LogP contribution in [0.5, 0.6) is 5.75 Å². The summed E-state index contributed by atoms with van der Waals surface area (Å²) in [5, 5.41) is 0. The quantitative estimate of drug-likeness (QED) is 0.769. The van der Waals surface area contributed by atoms with Crippen LogP contribution in [0.25, 0.3) is 0 Å². The minimum Gasteiger partial charge on any atom is -0.489 e. The zero-order valence-electron chi connectivity index (χ0n) is 10.9. The van der Waals surface area contributed by atoms with Gasteiger partial charge in [-0.1, -0.05) is 0 Å². The second-order valence-corrected chi connectivity index (χ2v) is 4.83. The topological polar surface area (TPSA) is 48.4 Å². The number of carbonyl (C=O) groups excluding carboxylic acids is 1. The predicted molar refractivity (Wildman–Crippen MR) is 67.9 cm³/mol. The Morgan fingerprint density at radius 2 is 2.11 bits per heavy atom. The van der Waals surface area contributed by atoms with E-state index in [1.807, 2.05) is 13.8 Å². The minimum absolute atomic E-state index is 0.0647. The molecule has 1 aromatic heterocycles. The summed E-state index contributed by atoms with van der Waals surface area (Å²) in [5.41, 5.74) is 0.639. The molecule has 4 heteroatoms. The van der Waals surface area contributed by atoms with E-state index in [1.165, 1.54) is 0 Å². The highest BCUT2D eigenvalue weighted by Crippen LogP contribution is 2.22. The number of nitrogens with zero attached hydrogens (tertiary/aromatic N) is 1. The van der Waals surface area contributed by atoms with Crippen molar-refractivity contribution in [1.29, 1.82) is 0 Å². The number of pyridine rings is 1. The third-order valence-corrected chi connectivity index (χ3v) is 2.96. The summed E-state index contributed by atoms with van der Waals surface area (Å²) in [4.78, 5) is 16.4. The van der Waals surface area contributed by atoms with Gasteiger partial charge in [-0.05, 0) is 32.8 Å². The van der Waals surface area contributed by atoms with E-state index in [-0.39, 0.29) is 17.8 Å². The van der Waals surface area contributed by atoms with Gasteiger partial charge in [0.15, 0.2) is 5.78 Å². The van der Waals surface area contributed by atoms with Crippen molar-refractivity contribution in [1.82, 2.24) is 4.98 Å². The molecule has 1 aliphatic heterocycles. The molecule has 0 amide bonds.